The predicted molar refractivity (Wildman–Crippen MR) is 78.7 cm³/mol. The molecule has 2 amide bonds. The standard InChI is InChI=1S/C12H17ClN4O3S/c1-2-15-12(18)16-5-7-17(8-6-16)21(19,20)11-9-14-4-3-10(11)13/h3-4,9H,2,5-8H2,1H3,(H,15,18). The van der Waals surface area contributed by atoms with Crippen molar-refractivity contribution in [2.45, 2.75) is 11.8 Å². The molecule has 1 N–H and O–H groups in total. The third-order valence-electron chi connectivity index (χ3n) is 3.21. The molecule has 0 saturated carbocycles. The molecular weight excluding hydrogens is 316 g/mol. The van der Waals surface area contributed by atoms with Crippen molar-refractivity contribution in [3.05, 3.63) is 23.5 Å². The van der Waals surface area contributed by atoms with E-state index in [4.69, 9.17) is 11.6 Å². The maximum atomic E-state index is 12.5. The van der Waals surface area contributed by atoms with E-state index in [0.29, 0.717) is 19.6 Å². The molecule has 116 valence electrons. The predicted octanol–water partition coefficient (Wildman–Crippen LogP) is 0.771. The zero-order chi connectivity index (χ0) is 15.5. The van der Waals surface area contributed by atoms with E-state index in [2.05, 4.69) is 10.3 Å². The van der Waals surface area contributed by atoms with Crippen LogP contribution in [0.25, 0.3) is 0 Å². The van der Waals surface area contributed by atoms with Gasteiger partial charge in [-0.2, -0.15) is 4.31 Å². The van der Waals surface area contributed by atoms with Crippen LogP contribution < -0.4 is 5.32 Å². The number of urea groups is 1. The van der Waals surface area contributed by atoms with E-state index in [9.17, 15) is 13.2 Å². The molecule has 1 aromatic heterocycles. The van der Waals surface area contributed by atoms with Crippen LogP contribution in [0.4, 0.5) is 4.79 Å². The first kappa shape index (κ1) is 16.0. The van der Waals surface area contributed by atoms with Gasteiger partial charge in [-0.05, 0) is 13.0 Å². The highest BCUT2D eigenvalue weighted by Crippen LogP contribution is 2.24. The molecule has 0 unspecified atom stereocenters. The molecular formula is C12H17ClN4O3S. The quantitative estimate of drug-likeness (QED) is 0.886. The van der Waals surface area contributed by atoms with Gasteiger partial charge in [-0.3, -0.25) is 4.98 Å². The lowest BCUT2D eigenvalue weighted by atomic mass is 10.4. The van der Waals surface area contributed by atoms with Crippen molar-refractivity contribution in [2.24, 2.45) is 0 Å². The highest BCUT2D eigenvalue weighted by molar-refractivity contribution is 7.89. The molecule has 0 aromatic carbocycles. The second-order valence-corrected chi connectivity index (χ2v) is 6.85. The lowest BCUT2D eigenvalue weighted by Crippen LogP contribution is -2.53. The van der Waals surface area contributed by atoms with E-state index >= 15 is 0 Å². The van der Waals surface area contributed by atoms with Crippen molar-refractivity contribution in [1.82, 2.24) is 19.5 Å². The second kappa shape index (κ2) is 6.59. The minimum Gasteiger partial charge on any atom is -0.338 e. The summed E-state index contributed by atoms with van der Waals surface area (Å²) in [6.07, 6.45) is 2.68. The van der Waals surface area contributed by atoms with Crippen LogP contribution in [0.1, 0.15) is 6.92 Å². The van der Waals surface area contributed by atoms with E-state index in [1.54, 1.807) is 4.90 Å². The monoisotopic (exact) mass is 332 g/mol. The van der Waals surface area contributed by atoms with Crippen LogP contribution in [0.5, 0.6) is 0 Å². The molecule has 7 nitrogen and oxygen atoms in total. The van der Waals surface area contributed by atoms with E-state index in [1.165, 1.54) is 22.8 Å². The van der Waals surface area contributed by atoms with Crippen molar-refractivity contribution in [1.29, 1.82) is 0 Å². The Morgan fingerprint density at radius 1 is 1.38 bits per heavy atom. The molecule has 2 heterocycles. The lowest BCUT2D eigenvalue weighted by molar-refractivity contribution is 0.173. The summed E-state index contributed by atoms with van der Waals surface area (Å²) in [5.74, 6) is 0. The molecule has 0 radical (unpaired) electrons. The summed E-state index contributed by atoms with van der Waals surface area (Å²) in [6, 6.07) is 1.27. The Morgan fingerprint density at radius 2 is 2.05 bits per heavy atom. The lowest BCUT2D eigenvalue weighted by Gasteiger charge is -2.33. The average Bonchev–Trinajstić information content (AvgIpc) is 2.48. The van der Waals surface area contributed by atoms with Gasteiger partial charge in [-0.15, -0.1) is 0 Å². The Balaban J connectivity index is 2.08. The number of nitrogens with zero attached hydrogens (tertiary/aromatic N) is 3. The molecule has 1 saturated heterocycles. The van der Waals surface area contributed by atoms with Crippen molar-refractivity contribution in [2.75, 3.05) is 32.7 Å². The van der Waals surface area contributed by atoms with Crippen LogP contribution in [0.15, 0.2) is 23.4 Å². The number of pyridine rings is 1. The van der Waals surface area contributed by atoms with E-state index in [-0.39, 0.29) is 29.0 Å². The van der Waals surface area contributed by atoms with Gasteiger partial charge in [0, 0.05) is 45.1 Å². The third-order valence-corrected chi connectivity index (χ3v) is 5.57. The van der Waals surface area contributed by atoms with Gasteiger partial charge in [0.25, 0.3) is 0 Å². The molecule has 1 aliphatic heterocycles. The number of halogens is 1. The Morgan fingerprint density at radius 3 is 2.62 bits per heavy atom. The van der Waals surface area contributed by atoms with Crippen LogP contribution in [0.3, 0.4) is 0 Å². The highest BCUT2D eigenvalue weighted by Gasteiger charge is 2.31. The zero-order valence-electron chi connectivity index (χ0n) is 11.6. The number of piperazine rings is 1. The summed E-state index contributed by atoms with van der Waals surface area (Å²) in [7, 11) is -3.67. The van der Waals surface area contributed by atoms with Gasteiger partial charge in [0.1, 0.15) is 4.90 Å². The maximum Gasteiger partial charge on any atom is 0.317 e. The number of aromatic nitrogens is 1. The Hall–Kier alpha value is -1.38. The number of rotatable bonds is 3. The fourth-order valence-corrected chi connectivity index (χ4v) is 3.91. The third kappa shape index (κ3) is 3.45. The number of nitrogens with one attached hydrogen (secondary N) is 1. The van der Waals surface area contributed by atoms with Gasteiger partial charge in [0.05, 0.1) is 5.02 Å². The molecule has 1 aromatic rings. The summed E-state index contributed by atoms with van der Waals surface area (Å²) in [5, 5.41) is 2.85. The number of carbonyl (C=O) groups excluding carboxylic acids is 1. The minimum atomic E-state index is -3.67. The van der Waals surface area contributed by atoms with E-state index < -0.39 is 10.0 Å². The SMILES string of the molecule is CCNC(=O)N1CCN(S(=O)(=O)c2cnccc2Cl)CC1. The number of hydrogen-bond donors (Lipinski definition) is 1. The minimum absolute atomic E-state index is 0.00173. The molecule has 9 heteroatoms. The Kier molecular flexibility index (Phi) is 5.02. The topological polar surface area (TPSA) is 82.6 Å². The fraction of sp³-hybridized carbons (Fsp3) is 0.500. The van der Waals surface area contributed by atoms with Crippen LogP contribution in [-0.2, 0) is 10.0 Å². The van der Waals surface area contributed by atoms with Crippen molar-refractivity contribution < 1.29 is 13.2 Å². The normalized spacial score (nSPS) is 16.8. The number of amides is 2. The molecule has 0 spiro atoms. The van der Waals surface area contributed by atoms with Crippen LogP contribution in [-0.4, -0.2) is 61.4 Å². The summed E-state index contributed by atoms with van der Waals surface area (Å²) in [6.45, 7) is 3.56. The molecule has 1 fully saturated rings. The average molecular weight is 333 g/mol. The van der Waals surface area contributed by atoms with E-state index in [1.807, 2.05) is 6.92 Å². The number of hydrogen-bond acceptors (Lipinski definition) is 4. The molecule has 0 aliphatic carbocycles. The summed E-state index contributed by atoms with van der Waals surface area (Å²) < 4.78 is 26.3. The van der Waals surface area contributed by atoms with Gasteiger partial charge < -0.3 is 10.2 Å². The van der Waals surface area contributed by atoms with Crippen LogP contribution in [0.2, 0.25) is 5.02 Å². The molecule has 21 heavy (non-hydrogen) atoms. The van der Waals surface area contributed by atoms with Gasteiger partial charge >= 0.3 is 6.03 Å². The Labute approximate surface area is 128 Å². The van der Waals surface area contributed by atoms with Gasteiger partial charge in [0.15, 0.2) is 0 Å². The van der Waals surface area contributed by atoms with Crippen molar-refractivity contribution in [3.63, 3.8) is 0 Å². The zero-order valence-corrected chi connectivity index (χ0v) is 13.2. The number of carbonyl (C=O) groups is 1. The first-order valence-electron chi connectivity index (χ1n) is 6.59. The second-order valence-electron chi connectivity index (χ2n) is 4.53. The largest absolute Gasteiger partial charge is 0.338 e. The molecule has 2 rings (SSSR count). The van der Waals surface area contributed by atoms with Crippen molar-refractivity contribution in [3.8, 4) is 0 Å². The first-order chi connectivity index (χ1) is 9.96. The molecule has 0 bridgehead atoms. The summed E-state index contributed by atoms with van der Waals surface area (Å²) >= 11 is 5.93. The highest BCUT2D eigenvalue weighted by atomic mass is 35.5. The fourth-order valence-electron chi connectivity index (χ4n) is 2.09. The van der Waals surface area contributed by atoms with Gasteiger partial charge in [-0.1, -0.05) is 11.6 Å². The molecule has 0 atom stereocenters. The number of sulfonamides is 1. The molecule has 1 aliphatic rings. The van der Waals surface area contributed by atoms with E-state index in [0.717, 1.165) is 0 Å². The summed E-state index contributed by atoms with van der Waals surface area (Å²) in [5.41, 5.74) is 0. The van der Waals surface area contributed by atoms with Gasteiger partial charge in [0.2, 0.25) is 10.0 Å². The van der Waals surface area contributed by atoms with Gasteiger partial charge in [-0.25, -0.2) is 13.2 Å². The summed E-state index contributed by atoms with van der Waals surface area (Å²) in [4.78, 5) is 17.1. The van der Waals surface area contributed by atoms with Crippen molar-refractivity contribution >= 4 is 27.7 Å². The smallest absolute Gasteiger partial charge is 0.317 e. The maximum absolute atomic E-state index is 12.5. The van der Waals surface area contributed by atoms with Crippen LogP contribution >= 0.6 is 11.6 Å². The first-order valence-corrected chi connectivity index (χ1v) is 8.41. The van der Waals surface area contributed by atoms with Crippen LogP contribution in [0, 0.1) is 0 Å². The Bertz CT molecular complexity index is 615.